The number of amides is 1. The molecule has 1 amide bonds. The summed E-state index contributed by atoms with van der Waals surface area (Å²) in [4.78, 5) is 27.4. The average Bonchev–Trinajstić information content (AvgIpc) is 2.32. The summed E-state index contributed by atoms with van der Waals surface area (Å²) in [5, 5.41) is 12.0. The van der Waals surface area contributed by atoms with E-state index in [2.05, 4.69) is 10.3 Å². The molecule has 0 aromatic carbocycles. The minimum Gasteiger partial charge on any atom is -0.480 e. The molecule has 2 N–H and O–H groups in total. The number of pyridine rings is 1. The van der Waals surface area contributed by atoms with E-state index in [4.69, 9.17) is 11.6 Å². The van der Waals surface area contributed by atoms with Crippen molar-refractivity contribution in [3.05, 3.63) is 28.5 Å². The summed E-state index contributed by atoms with van der Waals surface area (Å²) < 4.78 is 0. The maximum atomic E-state index is 12.1. The molecule has 1 aromatic rings. The van der Waals surface area contributed by atoms with E-state index in [1.54, 1.807) is 6.07 Å². The molecule has 0 unspecified atom stereocenters. The Hall–Kier alpha value is -1.62. The van der Waals surface area contributed by atoms with Gasteiger partial charge in [0.1, 0.15) is 10.7 Å². The van der Waals surface area contributed by atoms with Gasteiger partial charge in [-0.2, -0.15) is 0 Å². The normalized spacial score (nSPS) is 16.5. The highest BCUT2D eigenvalue weighted by Crippen LogP contribution is 2.32. The molecule has 0 atom stereocenters. The van der Waals surface area contributed by atoms with Crippen molar-refractivity contribution in [1.82, 2.24) is 10.3 Å². The second-order valence-electron chi connectivity index (χ2n) is 4.72. The van der Waals surface area contributed by atoms with Crippen LogP contribution in [-0.2, 0) is 11.2 Å². The van der Waals surface area contributed by atoms with Crippen molar-refractivity contribution < 1.29 is 14.7 Å². The van der Waals surface area contributed by atoms with Gasteiger partial charge >= 0.3 is 5.97 Å². The Bertz CT molecular complexity index is 527. The van der Waals surface area contributed by atoms with E-state index in [-0.39, 0.29) is 5.15 Å². The number of hydrogen-bond acceptors (Lipinski definition) is 3. The van der Waals surface area contributed by atoms with Crippen LogP contribution in [0.25, 0.3) is 0 Å². The van der Waals surface area contributed by atoms with Gasteiger partial charge in [-0.1, -0.05) is 18.5 Å². The fourth-order valence-corrected chi connectivity index (χ4v) is 2.30. The van der Waals surface area contributed by atoms with Crippen molar-refractivity contribution in [1.29, 1.82) is 0 Å². The van der Waals surface area contributed by atoms with Gasteiger partial charge in [0.25, 0.3) is 5.91 Å². The lowest BCUT2D eigenvalue weighted by atomic mass is 9.76. The van der Waals surface area contributed by atoms with Gasteiger partial charge < -0.3 is 10.4 Å². The molecule has 6 heteroatoms. The third-order valence-electron chi connectivity index (χ3n) is 3.44. The largest absolute Gasteiger partial charge is 0.480 e. The summed E-state index contributed by atoms with van der Waals surface area (Å²) in [6.07, 6.45) is 2.40. The topological polar surface area (TPSA) is 79.3 Å². The number of nitrogens with one attached hydrogen (secondary N) is 1. The first-order chi connectivity index (χ1) is 8.97. The SMILES string of the molecule is CCc1cc(C(=O)NC2(C(=O)O)CCC2)cc(Cl)n1. The Balaban J connectivity index is 2.20. The van der Waals surface area contributed by atoms with Crippen LogP contribution in [0, 0.1) is 0 Å². The first kappa shape index (κ1) is 13.8. The molecule has 1 aliphatic rings. The van der Waals surface area contributed by atoms with Crippen LogP contribution in [0.5, 0.6) is 0 Å². The minimum absolute atomic E-state index is 0.238. The molecule has 19 heavy (non-hydrogen) atoms. The van der Waals surface area contributed by atoms with E-state index in [1.165, 1.54) is 6.07 Å². The number of aliphatic carboxylic acids is 1. The number of carboxylic acids is 1. The third kappa shape index (κ3) is 2.71. The standard InChI is InChI=1S/C13H15ClN2O3/c1-2-9-6-8(7-10(14)15-9)11(17)16-13(12(18)19)4-3-5-13/h6-7H,2-5H2,1H3,(H,16,17)(H,18,19). The van der Waals surface area contributed by atoms with Gasteiger partial charge in [0, 0.05) is 11.3 Å². The summed E-state index contributed by atoms with van der Waals surface area (Å²) in [6.45, 7) is 1.91. The minimum atomic E-state index is -1.11. The lowest BCUT2D eigenvalue weighted by Gasteiger charge is -2.38. The Morgan fingerprint density at radius 2 is 2.16 bits per heavy atom. The predicted molar refractivity (Wildman–Crippen MR) is 70.3 cm³/mol. The van der Waals surface area contributed by atoms with Gasteiger partial charge in [0.15, 0.2) is 0 Å². The molecule has 1 aromatic heterocycles. The quantitative estimate of drug-likeness (QED) is 0.828. The molecular formula is C13H15ClN2O3. The number of carbonyl (C=O) groups excluding carboxylic acids is 1. The summed E-state index contributed by atoms with van der Waals surface area (Å²) in [5.74, 6) is -1.40. The fraction of sp³-hybridized carbons (Fsp3) is 0.462. The first-order valence-corrected chi connectivity index (χ1v) is 6.57. The number of aryl methyl sites for hydroxylation is 1. The van der Waals surface area contributed by atoms with Crippen LogP contribution >= 0.6 is 11.6 Å². The average molecular weight is 283 g/mol. The number of aromatic nitrogens is 1. The zero-order chi connectivity index (χ0) is 14.0. The van der Waals surface area contributed by atoms with E-state index in [9.17, 15) is 14.7 Å². The summed E-state index contributed by atoms with van der Waals surface area (Å²) in [6, 6.07) is 3.08. The summed E-state index contributed by atoms with van der Waals surface area (Å²) >= 11 is 5.85. The Labute approximate surface area is 116 Å². The molecule has 0 bridgehead atoms. The zero-order valence-electron chi connectivity index (χ0n) is 10.6. The second kappa shape index (κ2) is 5.17. The third-order valence-corrected chi connectivity index (χ3v) is 3.63. The summed E-state index contributed by atoms with van der Waals surface area (Å²) in [7, 11) is 0. The Morgan fingerprint density at radius 1 is 1.47 bits per heavy atom. The number of hydrogen-bond donors (Lipinski definition) is 2. The zero-order valence-corrected chi connectivity index (χ0v) is 11.3. The predicted octanol–water partition coefficient (Wildman–Crippen LogP) is 2.03. The molecule has 2 rings (SSSR count). The molecule has 1 fully saturated rings. The Kier molecular flexibility index (Phi) is 3.75. The molecule has 1 saturated carbocycles. The van der Waals surface area contributed by atoms with Crippen LogP contribution in [0.15, 0.2) is 12.1 Å². The maximum absolute atomic E-state index is 12.1. The lowest BCUT2D eigenvalue weighted by Crippen LogP contribution is -2.59. The van der Waals surface area contributed by atoms with Gasteiger partial charge in [0.2, 0.25) is 0 Å². The van der Waals surface area contributed by atoms with Gasteiger partial charge in [-0.05, 0) is 37.8 Å². The molecule has 0 spiro atoms. The van der Waals surface area contributed by atoms with Crippen LogP contribution in [0.1, 0.15) is 42.2 Å². The number of nitrogens with zero attached hydrogens (tertiary/aromatic N) is 1. The molecular weight excluding hydrogens is 268 g/mol. The molecule has 1 heterocycles. The van der Waals surface area contributed by atoms with Crippen molar-refractivity contribution in [2.75, 3.05) is 0 Å². The molecule has 102 valence electrons. The van der Waals surface area contributed by atoms with E-state index in [1.807, 2.05) is 6.92 Å². The van der Waals surface area contributed by atoms with E-state index >= 15 is 0 Å². The fourth-order valence-electron chi connectivity index (χ4n) is 2.08. The number of rotatable bonds is 4. The van der Waals surface area contributed by atoms with Gasteiger partial charge in [-0.3, -0.25) is 4.79 Å². The van der Waals surface area contributed by atoms with Crippen LogP contribution in [-0.4, -0.2) is 27.5 Å². The highest BCUT2D eigenvalue weighted by atomic mass is 35.5. The van der Waals surface area contributed by atoms with Crippen molar-refractivity contribution in [3.63, 3.8) is 0 Å². The molecule has 0 saturated heterocycles. The van der Waals surface area contributed by atoms with Crippen molar-refractivity contribution in [2.24, 2.45) is 0 Å². The highest BCUT2D eigenvalue weighted by Gasteiger charge is 2.45. The van der Waals surface area contributed by atoms with E-state index in [0.717, 1.165) is 6.42 Å². The van der Waals surface area contributed by atoms with Crippen LogP contribution in [0.3, 0.4) is 0 Å². The van der Waals surface area contributed by atoms with Gasteiger partial charge in [-0.25, -0.2) is 9.78 Å². The van der Waals surface area contributed by atoms with Crippen molar-refractivity contribution in [3.8, 4) is 0 Å². The molecule has 0 aliphatic heterocycles. The van der Waals surface area contributed by atoms with Crippen molar-refractivity contribution >= 4 is 23.5 Å². The van der Waals surface area contributed by atoms with Crippen LogP contribution in [0.2, 0.25) is 5.15 Å². The summed E-state index contributed by atoms with van der Waals surface area (Å²) in [5.41, 5.74) is -0.0563. The highest BCUT2D eigenvalue weighted by molar-refractivity contribution is 6.29. The van der Waals surface area contributed by atoms with Crippen LogP contribution < -0.4 is 5.32 Å². The number of carbonyl (C=O) groups is 2. The Morgan fingerprint density at radius 3 is 2.63 bits per heavy atom. The monoisotopic (exact) mass is 282 g/mol. The molecule has 5 nitrogen and oxygen atoms in total. The van der Waals surface area contributed by atoms with Gasteiger partial charge in [0.05, 0.1) is 0 Å². The van der Waals surface area contributed by atoms with Crippen molar-refractivity contribution in [2.45, 2.75) is 38.1 Å². The number of halogens is 1. The van der Waals surface area contributed by atoms with Crippen LogP contribution in [0.4, 0.5) is 0 Å². The molecule has 0 radical (unpaired) electrons. The van der Waals surface area contributed by atoms with Gasteiger partial charge in [-0.15, -0.1) is 0 Å². The van der Waals surface area contributed by atoms with E-state index in [0.29, 0.717) is 30.5 Å². The molecule has 1 aliphatic carbocycles. The first-order valence-electron chi connectivity index (χ1n) is 6.19. The second-order valence-corrected chi connectivity index (χ2v) is 5.11. The number of carboxylic acid groups (broad SMARTS) is 1. The smallest absolute Gasteiger partial charge is 0.329 e. The van der Waals surface area contributed by atoms with E-state index < -0.39 is 17.4 Å². The lowest BCUT2D eigenvalue weighted by molar-refractivity contribution is -0.148. The maximum Gasteiger partial charge on any atom is 0.329 e.